The van der Waals surface area contributed by atoms with E-state index >= 15 is 0 Å². The van der Waals surface area contributed by atoms with Crippen LogP contribution in [0.2, 0.25) is 18.1 Å². The van der Waals surface area contributed by atoms with Crippen molar-refractivity contribution in [3.8, 4) is 0 Å². The Morgan fingerprint density at radius 3 is 2.40 bits per heavy atom. The van der Waals surface area contributed by atoms with Crippen molar-refractivity contribution in [3.05, 3.63) is 89.9 Å². The van der Waals surface area contributed by atoms with Crippen molar-refractivity contribution in [2.75, 3.05) is 13.7 Å². The monoisotopic (exact) mass is 633 g/mol. The molecule has 13 heteroatoms. The van der Waals surface area contributed by atoms with E-state index in [-0.39, 0.29) is 23.7 Å². The highest BCUT2D eigenvalue weighted by Crippen LogP contribution is 2.45. The Bertz CT molecular complexity index is 1720. The maximum Gasteiger partial charge on any atom is 0.343 e. The van der Waals surface area contributed by atoms with Crippen molar-refractivity contribution in [2.45, 2.75) is 69.5 Å². The molecule has 0 spiro atoms. The van der Waals surface area contributed by atoms with Gasteiger partial charge in [0.1, 0.15) is 24.1 Å². The number of fused-ring (bicyclic) bond motifs is 1. The molecule has 238 valence electrons. The van der Waals surface area contributed by atoms with E-state index in [2.05, 4.69) is 40.7 Å². The van der Waals surface area contributed by atoms with Gasteiger partial charge in [-0.15, -0.1) is 0 Å². The van der Waals surface area contributed by atoms with Crippen molar-refractivity contribution in [1.29, 1.82) is 0 Å². The predicted molar refractivity (Wildman–Crippen MR) is 167 cm³/mol. The lowest BCUT2D eigenvalue weighted by Gasteiger charge is -2.42. The minimum atomic E-state index is -2.63. The third-order valence-corrected chi connectivity index (χ3v) is 12.9. The third-order valence-electron chi connectivity index (χ3n) is 8.47. The number of aliphatic hydroxyl groups excluding tert-OH is 1. The lowest BCUT2D eigenvalue weighted by atomic mass is 9.96. The Hall–Kier alpha value is -4.01. The van der Waals surface area contributed by atoms with Gasteiger partial charge in [0, 0.05) is 5.56 Å². The molecule has 1 saturated heterocycles. The van der Waals surface area contributed by atoms with Crippen LogP contribution in [0.4, 0.5) is 0 Å². The summed E-state index contributed by atoms with van der Waals surface area (Å²) in [5.74, 6) is -1.30. The molecule has 0 saturated carbocycles. The first-order valence-electron chi connectivity index (χ1n) is 14.7. The molecule has 1 aliphatic heterocycles. The number of H-pyrrole nitrogens is 1. The van der Waals surface area contributed by atoms with Crippen molar-refractivity contribution < 1.29 is 33.3 Å². The zero-order valence-electron chi connectivity index (χ0n) is 26.3. The highest BCUT2D eigenvalue weighted by atomic mass is 28.4. The van der Waals surface area contributed by atoms with Crippen molar-refractivity contribution in [2.24, 2.45) is 4.99 Å². The van der Waals surface area contributed by atoms with Crippen molar-refractivity contribution >= 4 is 31.4 Å². The van der Waals surface area contributed by atoms with Crippen molar-refractivity contribution in [3.63, 3.8) is 0 Å². The standard InChI is InChI=1S/C32H39N5O7Si/c1-31(2,3)45(5,6)44-25-24(38)29(43-32(25,30(40)41-4)18-42-17-21-13-9-7-10-14-21)37-20-35-26-23(33-19-34-26)27(37)36-28(39)22-15-11-8-12-16-22/h7-16,19-20,24-25,29,38H,17-18H2,1-6H3,(H,33,34)/t24-,25+,29+,32-/m1/s1. The van der Waals surface area contributed by atoms with E-state index in [1.807, 2.05) is 43.4 Å². The highest BCUT2D eigenvalue weighted by molar-refractivity contribution is 6.74. The van der Waals surface area contributed by atoms with E-state index in [4.69, 9.17) is 18.6 Å². The molecule has 1 amide bonds. The molecule has 4 aromatic rings. The number of hydrogen-bond donors (Lipinski definition) is 2. The second-order valence-corrected chi connectivity index (χ2v) is 17.3. The van der Waals surface area contributed by atoms with Crippen LogP contribution in [-0.4, -0.2) is 76.3 Å². The largest absolute Gasteiger partial charge is 0.467 e. The second kappa shape index (κ2) is 12.8. The summed E-state index contributed by atoms with van der Waals surface area (Å²) in [4.78, 5) is 43.0. The Balaban J connectivity index is 1.63. The number of carbonyl (C=O) groups is 2. The normalized spacial score (nSPS) is 22.6. The fourth-order valence-corrected chi connectivity index (χ4v) is 6.27. The number of hydrogen-bond acceptors (Lipinski definition) is 9. The number of ether oxygens (including phenoxy) is 3. The molecule has 2 N–H and O–H groups in total. The Morgan fingerprint density at radius 2 is 1.76 bits per heavy atom. The smallest absolute Gasteiger partial charge is 0.343 e. The molecule has 3 heterocycles. The van der Waals surface area contributed by atoms with Gasteiger partial charge < -0.3 is 28.7 Å². The molecular weight excluding hydrogens is 594 g/mol. The zero-order valence-corrected chi connectivity index (χ0v) is 27.3. The van der Waals surface area contributed by atoms with Crippen LogP contribution in [0.15, 0.2) is 78.3 Å². The van der Waals surface area contributed by atoms with E-state index in [0.29, 0.717) is 16.7 Å². The predicted octanol–water partition coefficient (Wildman–Crippen LogP) is 3.91. The number of esters is 1. The van der Waals surface area contributed by atoms with E-state index in [0.717, 1.165) is 5.56 Å². The highest BCUT2D eigenvalue weighted by Gasteiger charge is 2.64. The molecule has 0 radical (unpaired) electrons. The third kappa shape index (κ3) is 6.40. The van der Waals surface area contributed by atoms with Gasteiger partial charge in [-0.3, -0.25) is 9.36 Å². The lowest BCUT2D eigenvalue weighted by molar-refractivity contribution is -0.191. The number of nitrogens with zero attached hydrogens (tertiary/aromatic N) is 4. The van der Waals surface area contributed by atoms with Gasteiger partial charge in [0.15, 0.2) is 25.7 Å². The molecule has 1 aliphatic rings. The number of methoxy groups -OCH3 is 1. The van der Waals surface area contributed by atoms with E-state index in [1.165, 1.54) is 24.3 Å². The molecule has 0 unspecified atom stereocenters. The van der Waals surface area contributed by atoms with Crippen LogP contribution in [0.1, 0.15) is 42.9 Å². The first-order valence-corrected chi connectivity index (χ1v) is 17.6. The Kier molecular flexibility index (Phi) is 9.19. The molecule has 12 nitrogen and oxygen atoms in total. The van der Waals surface area contributed by atoms with Crippen LogP contribution in [-0.2, 0) is 30.0 Å². The number of benzene rings is 2. The van der Waals surface area contributed by atoms with Gasteiger partial charge in [0.2, 0.25) is 5.60 Å². The topological polar surface area (TPSA) is 150 Å². The Morgan fingerprint density at radius 1 is 1.09 bits per heavy atom. The molecule has 4 atom stereocenters. The summed E-state index contributed by atoms with van der Waals surface area (Å²) >= 11 is 0. The fourth-order valence-electron chi connectivity index (χ4n) is 4.96. The molecule has 1 fully saturated rings. The number of aliphatic hydroxyl groups is 1. The zero-order chi connectivity index (χ0) is 32.4. The number of carbonyl (C=O) groups excluding carboxylic acids is 2. The number of aromatic nitrogens is 4. The van der Waals surface area contributed by atoms with Gasteiger partial charge in [-0.05, 0) is 35.8 Å². The minimum absolute atomic E-state index is 0.104. The number of rotatable bonds is 9. The van der Waals surface area contributed by atoms with E-state index in [9.17, 15) is 14.7 Å². The summed E-state index contributed by atoms with van der Waals surface area (Å²) in [5, 5.41) is 11.8. The number of imidazole rings is 1. The summed E-state index contributed by atoms with van der Waals surface area (Å²) in [6.07, 6.45) is -1.10. The van der Waals surface area contributed by atoms with Crippen LogP contribution in [0.3, 0.4) is 0 Å². The van der Waals surface area contributed by atoms with Crippen LogP contribution >= 0.6 is 0 Å². The van der Waals surface area contributed by atoms with Crippen LogP contribution in [0.25, 0.3) is 11.2 Å². The molecule has 45 heavy (non-hydrogen) atoms. The number of amides is 1. The maximum absolute atomic E-state index is 13.7. The second-order valence-electron chi connectivity index (χ2n) is 12.5. The average Bonchev–Trinajstić information content (AvgIpc) is 3.61. The number of nitrogens with one attached hydrogen (secondary N) is 1. The van der Waals surface area contributed by atoms with E-state index in [1.54, 1.807) is 30.3 Å². The van der Waals surface area contributed by atoms with Crippen LogP contribution in [0, 0.1) is 0 Å². The van der Waals surface area contributed by atoms with Crippen LogP contribution in [0.5, 0.6) is 0 Å². The van der Waals surface area contributed by atoms with Gasteiger partial charge in [-0.2, -0.15) is 4.99 Å². The lowest BCUT2D eigenvalue weighted by Crippen LogP contribution is -2.59. The maximum atomic E-state index is 13.7. The Labute approximate surface area is 262 Å². The van der Waals surface area contributed by atoms with Gasteiger partial charge in [0.25, 0.3) is 5.91 Å². The SMILES string of the molecule is COC(=O)[C@]1(COCc2ccccc2)O[C@H](n2cnc3nc[nH]c3c2=NC(=O)c2ccccc2)[C@H](O)[C@@H]1O[Si](C)(C)C(C)(C)C. The summed E-state index contributed by atoms with van der Waals surface area (Å²) in [6, 6.07) is 18.1. The summed E-state index contributed by atoms with van der Waals surface area (Å²) < 4.78 is 26.1. The number of aromatic amines is 1. The van der Waals surface area contributed by atoms with Gasteiger partial charge in [-0.25, -0.2) is 14.8 Å². The molecule has 0 aliphatic carbocycles. The molecule has 2 aromatic heterocycles. The quantitative estimate of drug-likeness (QED) is 0.207. The van der Waals surface area contributed by atoms with Gasteiger partial charge >= 0.3 is 5.97 Å². The van der Waals surface area contributed by atoms with Crippen LogP contribution < -0.4 is 5.49 Å². The van der Waals surface area contributed by atoms with Gasteiger partial charge in [-0.1, -0.05) is 69.3 Å². The van der Waals surface area contributed by atoms with Gasteiger partial charge in [0.05, 0.1) is 26.7 Å². The summed E-state index contributed by atoms with van der Waals surface area (Å²) in [5.41, 5.74) is 0.123. The molecule has 2 aromatic carbocycles. The first kappa shape index (κ1) is 32.4. The summed E-state index contributed by atoms with van der Waals surface area (Å²) in [6.45, 7) is 10.1. The average molecular weight is 634 g/mol. The fraction of sp³-hybridized carbons (Fsp3) is 0.406. The van der Waals surface area contributed by atoms with E-state index < -0.39 is 44.2 Å². The van der Waals surface area contributed by atoms with Crippen molar-refractivity contribution in [1.82, 2.24) is 19.5 Å². The molecule has 0 bridgehead atoms. The molecule has 5 rings (SSSR count). The summed E-state index contributed by atoms with van der Waals surface area (Å²) in [7, 11) is -1.38. The minimum Gasteiger partial charge on any atom is -0.467 e. The first-order chi connectivity index (χ1) is 21.4. The molecular formula is C32H39N5O7Si.